The van der Waals surface area contributed by atoms with Gasteiger partial charge in [-0.15, -0.1) is 0 Å². The van der Waals surface area contributed by atoms with Crippen molar-refractivity contribution in [3.8, 4) is 17.4 Å². The molecule has 0 unspecified atom stereocenters. The maximum absolute atomic E-state index is 5.43. The minimum atomic E-state index is 0.219. The largest absolute Gasteiger partial charge is 0.467 e. The molecule has 0 saturated carbocycles. The van der Waals surface area contributed by atoms with E-state index >= 15 is 0 Å². The lowest BCUT2D eigenvalue weighted by molar-refractivity contribution is 0.327. The van der Waals surface area contributed by atoms with Crippen molar-refractivity contribution < 1.29 is 9.26 Å². The number of aryl methyl sites for hydroxylation is 1. The fourth-order valence-electron chi connectivity index (χ4n) is 2.71. The van der Waals surface area contributed by atoms with Crippen molar-refractivity contribution in [3.05, 3.63) is 48.0 Å². The quantitative estimate of drug-likeness (QED) is 0.729. The Morgan fingerprint density at radius 3 is 2.67 bits per heavy atom. The van der Waals surface area contributed by atoms with E-state index in [-0.39, 0.29) is 5.92 Å². The number of rotatable bonds is 4. The van der Waals surface area contributed by atoms with Crippen LogP contribution in [0.15, 0.2) is 40.9 Å². The highest BCUT2D eigenvalue weighted by atomic mass is 16.5. The molecule has 1 fully saturated rings. The van der Waals surface area contributed by atoms with Gasteiger partial charge in [-0.3, -0.25) is 0 Å². The molecule has 1 aliphatic rings. The van der Waals surface area contributed by atoms with E-state index in [4.69, 9.17) is 9.26 Å². The molecule has 0 radical (unpaired) electrons. The monoisotopic (exact) mass is 323 g/mol. The minimum absolute atomic E-state index is 0.219. The Morgan fingerprint density at radius 1 is 1.12 bits per heavy atom. The second kappa shape index (κ2) is 5.92. The van der Waals surface area contributed by atoms with Gasteiger partial charge in [0.2, 0.25) is 11.7 Å². The molecule has 7 nitrogen and oxygen atoms in total. The summed E-state index contributed by atoms with van der Waals surface area (Å²) < 4.78 is 10.6. The van der Waals surface area contributed by atoms with Gasteiger partial charge in [0.25, 0.3) is 0 Å². The molecule has 3 heterocycles. The molecule has 1 aliphatic heterocycles. The number of aromatic nitrogens is 4. The van der Waals surface area contributed by atoms with Crippen LogP contribution in [0.2, 0.25) is 0 Å². The van der Waals surface area contributed by atoms with E-state index in [1.807, 2.05) is 43.3 Å². The predicted molar refractivity (Wildman–Crippen MR) is 88.0 cm³/mol. The Labute approximate surface area is 139 Å². The third kappa shape index (κ3) is 2.68. The van der Waals surface area contributed by atoms with E-state index in [1.165, 1.54) is 0 Å². The molecule has 1 saturated heterocycles. The fraction of sp³-hybridized carbons (Fsp3) is 0.294. The van der Waals surface area contributed by atoms with Crippen LogP contribution in [-0.4, -0.2) is 40.3 Å². The highest BCUT2D eigenvalue weighted by molar-refractivity contribution is 5.54. The van der Waals surface area contributed by atoms with Crippen LogP contribution in [0.1, 0.15) is 17.5 Å². The van der Waals surface area contributed by atoms with Crippen molar-refractivity contribution in [2.24, 2.45) is 0 Å². The van der Waals surface area contributed by atoms with Gasteiger partial charge in [0.15, 0.2) is 0 Å². The first kappa shape index (κ1) is 14.6. The molecule has 3 aromatic rings. The zero-order valence-corrected chi connectivity index (χ0v) is 13.5. The molecule has 7 heteroatoms. The molecule has 0 N–H and O–H groups in total. The number of hydrogen-bond acceptors (Lipinski definition) is 7. The second-order valence-electron chi connectivity index (χ2n) is 5.78. The van der Waals surface area contributed by atoms with Crippen LogP contribution in [-0.2, 0) is 0 Å². The van der Waals surface area contributed by atoms with Crippen molar-refractivity contribution in [1.29, 1.82) is 0 Å². The van der Waals surface area contributed by atoms with Crippen molar-refractivity contribution in [3.63, 3.8) is 0 Å². The Hall–Kier alpha value is -2.96. The topological polar surface area (TPSA) is 77.2 Å². The predicted octanol–water partition coefficient (Wildman–Crippen LogP) is 2.45. The molecule has 2 aromatic heterocycles. The first-order chi connectivity index (χ1) is 11.7. The molecule has 0 atom stereocenters. The summed E-state index contributed by atoms with van der Waals surface area (Å²) in [6.45, 7) is 3.50. The molecule has 0 spiro atoms. The van der Waals surface area contributed by atoms with Crippen LogP contribution in [0.4, 0.5) is 5.82 Å². The molecule has 0 amide bonds. The number of anilines is 1. The van der Waals surface area contributed by atoms with E-state index in [0.717, 1.165) is 30.2 Å². The van der Waals surface area contributed by atoms with Crippen molar-refractivity contribution in [1.82, 2.24) is 20.1 Å². The van der Waals surface area contributed by atoms with Crippen LogP contribution in [0.5, 0.6) is 6.01 Å². The van der Waals surface area contributed by atoms with Crippen LogP contribution < -0.4 is 9.64 Å². The van der Waals surface area contributed by atoms with Gasteiger partial charge in [-0.1, -0.05) is 35.5 Å². The van der Waals surface area contributed by atoms with Crippen LogP contribution in [0, 0.1) is 6.92 Å². The van der Waals surface area contributed by atoms with Gasteiger partial charge in [0, 0.05) is 30.4 Å². The average molecular weight is 323 g/mol. The van der Waals surface area contributed by atoms with E-state index in [9.17, 15) is 0 Å². The molecule has 4 rings (SSSR count). The molecular formula is C17H17N5O2. The van der Waals surface area contributed by atoms with Crippen LogP contribution in [0.25, 0.3) is 11.4 Å². The normalized spacial score (nSPS) is 14.5. The summed E-state index contributed by atoms with van der Waals surface area (Å²) in [5.41, 5.74) is 1.84. The first-order valence-corrected chi connectivity index (χ1v) is 7.76. The lowest BCUT2D eigenvalue weighted by Crippen LogP contribution is -2.45. The molecular weight excluding hydrogens is 306 g/mol. The number of ether oxygens (including phenoxy) is 1. The van der Waals surface area contributed by atoms with Gasteiger partial charge in [0.1, 0.15) is 5.82 Å². The van der Waals surface area contributed by atoms with Crippen molar-refractivity contribution in [2.75, 3.05) is 25.1 Å². The molecule has 122 valence electrons. The van der Waals surface area contributed by atoms with Crippen molar-refractivity contribution in [2.45, 2.75) is 12.8 Å². The molecule has 0 aliphatic carbocycles. The standard InChI is InChI=1S/C17H17N5O2/c1-11-8-14(19-17(18-11)23-2)22-9-13(10-22)16-20-15(21-24-16)12-6-4-3-5-7-12/h3-8,13H,9-10H2,1-2H3. The Morgan fingerprint density at radius 2 is 1.92 bits per heavy atom. The Kier molecular flexibility index (Phi) is 3.60. The van der Waals surface area contributed by atoms with E-state index in [1.54, 1.807) is 7.11 Å². The lowest BCUT2D eigenvalue weighted by atomic mass is 10.0. The van der Waals surface area contributed by atoms with Crippen LogP contribution in [0.3, 0.4) is 0 Å². The summed E-state index contributed by atoms with van der Waals surface area (Å²) in [5.74, 6) is 2.38. The average Bonchev–Trinajstić information content (AvgIpc) is 3.03. The zero-order chi connectivity index (χ0) is 16.5. The third-order valence-electron chi connectivity index (χ3n) is 4.03. The maximum atomic E-state index is 5.43. The fourth-order valence-corrected chi connectivity index (χ4v) is 2.71. The number of nitrogens with zero attached hydrogens (tertiary/aromatic N) is 5. The minimum Gasteiger partial charge on any atom is -0.467 e. The molecule has 24 heavy (non-hydrogen) atoms. The Bertz CT molecular complexity index is 843. The summed E-state index contributed by atoms with van der Waals surface area (Å²) in [5, 5.41) is 4.08. The third-order valence-corrected chi connectivity index (χ3v) is 4.03. The van der Waals surface area contributed by atoms with Gasteiger partial charge in [-0.25, -0.2) is 4.98 Å². The van der Waals surface area contributed by atoms with Crippen LogP contribution >= 0.6 is 0 Å². The van der Waals surface area contributed by atoms with E-state index in [0.29, 0.717) is 17.7 Å². The number of benzene rings is 1. The highest BCUT2D eigenvalue weighted by Crippen LogP contribution is 2.31. The first-order valence-electron chi connectivity index (χ1n) is 7.76. The van der Waals surface area contributed by atoms with Gasteiger partial charge in [0.05, 0.1) is 13.0 Å². The zero-order valence-electron chi connectivity index (χ0n) is 13.5. The second-order valence-corrected chi connectivity index (χ2v) is 5.78. The summed E-state index contributed by atoms with van der Waals surface area (Å²) >= 11 is 0. The van der Waals surface area contributed by atoms with Gasteiger partial charge < -0.3 is 14.2 Å². The number of hydrogen-bond donors (Lipinski definition) is 0. The van der Waals surface area contributed by atoms with Gasteiger partial charge in [-0.2, -0.15) is 9.97 Å². The number of methoxy groups -OCH3 is 1. The summed E-state index contributed by atoms with van der Waals surface area (Å²) in [6.07, 6.45) is 0. The summed E-state index contributed by atoms with van der Waals surface area (Å²) in [7, 11) is 1.57. The van der Waals surface area contributed by atoms with E-state index < -0.39 is 0 Å². The summed E-state index contributed by atoms with van der Waals surface area (Å²) in [4.78, 5) is 15.3. The Balaban J connectivity index is 1.46. The molecule has 1 aromatic carbocycles. The van der Waals surface area contributed by atoms with E-state index in [2.05, 4.69) is 25.0 Å². The summed E-state index contributed by atoms with van der Waals surface area (Å²) in [6, 6.07) is 12.2. The molecule has 0 bridgehead atoms. The van der Waals surface area contributed by atoms with Gasteiger partial charge in [-0.05, 0) is 6.92 Å². The SMILES string of the molecule is COc1nc(C)cc(N2CC(c3nc(-c4ccccc4)no3)C2)n1. The smallest absolute Gasteiger partial charge is 0.318 e. The highest BCUT2D eigenvalue weighted by Gasteiger charge is 2.34. The lowest BCUT2D eigenvalue weighted by Gasteiger charge is -2.38. The van der Waals surface area contributed by atoms with Crippen molar-refractivity contribution >= 4 is 5.82 Å². The van der Waals surface area contributed by atoms with Gasteiger partial charge >= 0.3 is 6.01 Å². The maximum Gasteiger partial charge on any atom is 0.318 e.